The van der Waals surface area contributed by atoms with Gasteiger partial charge in [0.25, 0.3) is 0 Å². The number of hydrogen-bond donors (Lipinski definition) is 4. The normalized spacial score (nSPS) is 20.2. The zero-order valence-corrected chi connectivity index (χ0v) is 15.3. The van der Waals surface area contributed by atoms with E-state index < -0.39 is 6.10 Å². The van der Waals surface area contributed by atoms with E-state index in [-0.39, 0.29) is 24.2 Å². The fraction of sp³-hybridized carbons (Fsp3) is 0.350. The zero-order valence-electron chi connectivity index (χ0n) is 14.5. The molecule has 1 saturated heterocycles. The highest BCUT2D eigenvalue weighted by atomic mass is 35.5. The van der Waals surface area contributed by atoms with Crippen molar-refractivity contribution >= 4 is 24.5 Å². The quantitative estimate of drug-likeness (QED) is 0.442. The summed E-state index contributed by atoms with van der Waals surface area (Å²) in [4.78, 5) is 10.6. The lowest BCUT2D eigenvalue weighted by molar-refractivity contribution is -0.105. The van der Waals surface area contributed by atoms with Crippen LogP contribution in [0, 0.1) is 0 Å². The molecule has 0 spiro atoms. The molecule has 26 heavy (non-hydrogen) atoms. The number of aliphatic hydroxyl groups excluding tert-OH is 1. The Hall–Kier alpha value is -2.08. The van der Waals surface area contributed by atoms with Crippen molar-refractivity contribution in [2.24, 2.45) is 0 Å². The van der Waals surface area contributed by atoms with Gasteiger partial charge in [0.15, 0.2) is 0 Å². The van der Waals surface area contributed by atoms with Crippen molar-refractivity contribution < 1.29 is 15.0 Å². The number of carbonyl (C=O) groups excluding carboxylic acids is 1. The summed E-state index contributed by atoms with van der Waals surface area (Å²) in [5.74, 6) is -0.0110. The molecule has 1 heterocycles. The third-order valence-corrected chi connectivity index (χ3v) is 4.86. The topological polar surface area (TPSA) is 81.6 Å². The summed E-state index contributed by atoms with van der Waals surface area (Å²) >= 11 is 0. The van der Waals surface area contributed by atoms with Crippen molar-refractivity contribution in [3.8, 4) is 5.75 Å². The summed E-state index contributed by atoms with van der Waals surface area (Å²) in [6.45, 7) is 0. The average Bonchev–Trinajstić information content (AvgIpc) is 3.11. The van der Waals surface area contributed by atoms with Crippen molar-refractivity contribution in [1.82, 2.24) is 5.32 Å². The lowest BCUT2D eigenvalue weighted by Gasteiger charge is -2.21. The van der Waals surface area contributed by atoms with Crippen molar-refractivity contribution in [2.45, 2.75) is 43.9 Å². The molecule has 0 saturated carbocycles. The molecule has 0 bridgehead atoms. The first-order chi connectivity index (χ1) is 12.2. The molecule has 3 unspecified atom stereocenters. The van der Waals surface area contributed by atoms with Crippen LogP contribution in [-0.4, -0.2) is 28.7 Å². The number of aromatic hydroxyl groups is 1. The van der Waals surface area contributed by atoms with Gasteiger partial charge in [-0.1, -0.05) is 36.4 Å². The Kier molecular flexibility index (Phi) is 7.45. The molecule has 5 nitrogen and oxygen atoms in total. The van der Waals surface area contributed by atoms with E-state index in [0.717, 1.165) is 25.7 Å². The maximum Gasteiger partial charge on any atom is 0.211 e. The molecule has 4 N–H and O–H groups in total. The van der Waals surface area contributed by atoms with E-state index in [1.54, 1.807) is 12.1 Å². The van der Waals surface area contributed by atoms with Gasteiger partial charge in [-0.3, -0.25) is 4.79 Å². The zero-order chi connectivity index (χ0) is 17.6. The average molecular weight is 377 g/mol. The molecule has 0 radical (unpaired) electrons. The highest BCUT2D eigenvalue weighted by Crippen LogP contribution is 2.31. The highest BCUT2D eigenvalue weighted by Gasteiger charge is 2.30. The van der Waals surface area contributed by atoms with Crippen LogP contribution >= 0.6 is 12.4 Å². The van der Waals surface area contributed by atoms with Gasteiger partial charge in [0.2, 0.25) is 6.41 Å². The lowest BCUT2D eigenvalue weighted by Crippen LogP contribution is -2.34. The van der Waals surface area contributed by atoms with Crippen molar-refractivity contribution in [3.63, 3.8) is 0 Å². The maximum absolute atomic E-state index is 10.6. The van der Waals surface area contributed by atoms with E-state index in [4.69, 9.17) is 0 Å². The molecule has 2 aromatic rings. The van der Waals surface area contributed by atoms with Crippen LogP contribution in [-0.2, 0) is 11.2 Å². The van der Waals surface area contributed by atoms with Gasteiger partial charge >= 0.3 is 0 Å². The fourth-order valence-electron chi connectivity index (χ4n) is 3.46. The summed E-state index contributed by atoms with van der Waals surface area (Å²) in [7, 11) is 0. The Morgan fingerprint density at radius 2 is 1.96 bits per heavy atom. The first-order valence-corrected chi connectivity index (χ1v) is 8.68. The minimum absolute atomic E-state index is 0. The molecule has 0 aromatic heterocycles. The summed E-state index contributed by atoms with van der Waals surface area (Å²) in [5, 5.41) is 26.3. The van der Waals surface area contributed by atoms with E-state index in [1.165, 1.54) is 11.6 Å². The van der Waals surface area contributed by atoms with Crippen LogP contribution in [0.25, 0.3) is 0 Å². The standard InChI is InChI=1S/C20H24N2O3.ClH/c23-13-21-18-12-15(7-11-19(18)24)20(25)17-10-9-16(22-17)8-6-14-4-2-1-3-5-14;/h1-5,7,11-13,16-17,20,22,24-25H,6,8-10H2,(H,21,23);1H. The van der Waals surface area contributed by atoms with Gasteiger partial charge in [0.05, 0.1) is 11.8 Å². The number of amides is 1. The molecule has 140 valence electrons. The Bertz CT molecular complexity index is 711. The second-order valence-electron chi connectivity index (χ2n) is 6.56. The van der Waals surface area contributed by atoms with Crippen LogP contribution in [0.15, 0.2) is 48.5 Å². The van der Waals surface area contributed by atoms with Crippen LogP contribution < -0.4 is 10.6 Å². The number of phenolic OH excluding ortho intramolecular Hbond substituents is 1. The number of aliphatic hydroxyl groups is 1. The Morgan fingerprint density at radius 3 is 2.69 bits per heavy atom. The maximum atomic E-state index is 10.6. The monoisotopic (exact) mass is 376 g/mol. The molecule has 2 aromatic carbocycles. The summed E-state index contributed by atoms with van der Waals surface area (Å²) < 4.78 is 0. The van der Waals surface area contributed by atoms with E-state index in [9.17, 15) is 15.0 Å². The third-order valence-electron chi connectivity index (χ3n) is 4.86. The minimum Gasteiger partial charge on any atom is -0.506 e. The lowest BCUT2D eigenvalue weighted by atomic mass is 10.00. The Labute approximate surface area is 159 Å². The molecule has 3 atom stereocenters. The van der Waals surface area contributed by atoms with E-state index in [0.29, 0.717) is 23.7 Å². The van der Waals surface area contributed by atoms with Crippen LogP contribution in [0.3, 0.4) is 0 Å². The van der Waals surface area contributed by atoms with Gasteiger partial charge < -0.3 is 20.8 Å². The number of carbonyl (C=O) groups is 1. The van der Waals surface area contributed by atoms with Gasteiger partial charge in [-0.05, 0) is 48.9 Å². The number of aryl methyl sites for hydroxylation is 1. The van der Waals surface area contributed by atoms with E-state index in [2.05, 4.69) is 34.9 Å². The fourth-order valence-corrected chi connectivity index (χ4v) is 3.46. The largest absolute Gasteiger partial charge is 0.506 e. The smallest absolute Gasteiger partial charge is 0.211 e. The van der Waals surface area contributed by atoms with Gasteiger partial charge in [0.1, 0.15) is 5.75 Å². The van der Waals surface area contributed by atoms with Crippen LogP contribution in [0.4, 0.5) is 5.69 Å². The number of benzene rings is 2. The minimum atomic E-state index is -0.672. The van der Waals surface area contributed by atoms with Gasteiger partial charge in [0, 0.05) is 12.1 Å². The number of hydrogen-bond acceptors (Lipinski definition) is 4. The molecular formula is C20H25ClN2O3. The number of anilines is 1. The number of nitrogens with one attached hydrogen (secondary N) is 2. The molecule has 1 aliphatic heterocycles. The second-order valence-corrected chi connectivity index (χ2v) is 6.56. The first kappa shape index (κ1) is 20.2. The molecule has 1 fully saturated rings. The second kappa shape index (κ2) is 9.57. The van der Waals surface area contributed by atoms with Crippen LogP contribution in [0.5, 0.6) is 5.75 Å². The highest BCUT2D eigenvalue weighted by molar-refractivity contribution is 5.85. The van der Waals surface area contributed by atoms with Crippen molar-refractivity contribution in [2.75, 3.05) is 5.32 Å². The summed E-state index contributed by atoms with van der Waals surface area (Å²) in [6.07, 6.45) is 3.84. The summed E-state index contributed by atoms with van der Waals surface area (Å²) in [5.41, 5.74) is 2.32. The van der Waals surface area contributed by atoms with Gasteiger partial charge in [-0.2, -0.15) is 0 Å². The predicted octanol–water partition coefficient (Wildman–Crippen LogP) is 3.17. The summed E-state index contributed by atoms with van der Waals surface area (Å²) in [6, 6.07) is 15.6. The molecule has 6 heteroatoms. The molecule has 1 amide bonds. The van der Waals surface area contributed by atoms with Gasteiger partial charge in [-0.25, -0.2) is 0 Å². The van der Waals surface area contributed by atoms with E-state index in [1.807, 2.05) is 6.07 Å². The molecule has 1 aliphatic rings. The van der Waals surface area contributed by atoms with Crippen molar-refractivity contribution in [1.29, 1.82) is 0 Å². The Morgan fingerprint density at radius 1 is 1.19 bits per heavy atom. The predicted molar refractivity (Wildman–Crippen MR) is 105 cm³/mol. The molecule has 3 rings (SSSR count). The van der Waals surface area contributed by atoms with Crippen LogP contribution in [0.2, 0.25) is 0 Å². The van der Waals surface area contributed by atoms with Crippen molar-refractivity contribution in [3.05, 3.63) is 59.7 Å². The first-order valence-electron chi connectivity index (χ1n) is 8.68. The Balaban J connectivity index is 0.00000243. The number of phenols is 1. The van der Waals surface area contributed by atoms with E-state index >= 15 is 0 Å². The molecule has 0 aliphatic carbocycles. The number of halogens is 1. The number of rotatable bonds is 7. The molecular weight excluding hydrogens is 352 g/mol. The third kappa shape index (κ3) is 4.97. The van der Waals surface area contributed by atoms with Crippen LogP contribution in [0.1, 0.15) is 36.5 Å². The SMILES string of the molecule is Cl.O=CNc1cc(C(O)C2CCC(CCc3ccccc3)N2)ccc1O. The van der Waals surface area contributed by atoms with Gasteiger partial charge in [-0.15, -0.1) is 12.4 Å².